The van der Waals surface area contributed by atoms with Crippen LogP contribution < -0.4 is 10.9 Å². The highest BCUT2D eigenvalue weighted by Gasteiger charge is 2.13. The van der Waals surface area contributed by atoms with E-state index in [4.69, 9.17) is 11.6 Å². The van der Waals surface area contributed by atoms with Crippen LogP contribution in [0.2, 0.25) is 5.02 Å². The van der Waals surface area contributed by atoms with Crippen LogP contribution >= 0.6 is 23.4 Å². The van der Waals surface area contributed by atoms with Crippen LogP contribution in [0.15, 0.2) is 64.7 Å². The molecule has 2 heterocycles. The lowest BCUT2D eigenvalue weighted by molar-refractivity contribution is -0.113. The third-order valence-corrected chi connectivity index (χ3v) is 5.34. The molecule has 0 aliphatic rings. The number of anilines is 1. The lowest BCUT2D eigenvalue weighted by atomic mass is 10.2. The van der Waals surface area contributed by atoms with Gasteiger partial charge in [0.2, 0.25) is 5.91 Å². The predicted octanol–water partition coefficient (Wildman–Crippen LogP) is 3.80. The van der Waals surface area contributed by atoms with Crippen molar-refractivity contribution in [2.45, 2.75) is 12.1 Å². The maximum atomic E-state index is 12.4. The molecule has 7 nitrogen and oxygen atoms in total. The van der Waals surface area contributed by atoms with Gasteiger partial charge in [-0.2, -0.15) is 5.10 Å². The second kappa shape index (κ2) is 8.10. The average Bonchev–Trinajstić information content (AvgIpc) is 3.14. The summed E-state index contributed by atoms with van der Waals surface area (Å²) in [6, 6.07) is 14.7. The summed E-state index contributed by atoms with van der Waals surface area (Å²) in [6.45, 7) is 1.89. The van der Waals surface area contributed by atoms with Crippen molar-refractivity contribution >= 4 is 46.0 Å². The van der Waals surface area contributed by atoms with E-state index in [9.17, 15) is 9.59 Å². The standard InChI is InChI=1S/C20H16ClN5O2S/c1-12-7-8-13(21)9-16(12)23-17(27)11-29-20-24-18-15(19(28)25-20)10-22-26(18)14-5-3-2-4-6-14/h2-10H,11H2,1H3,(H,23,27)(H,24,25,28). The Kier molecular flexibility index (Phi) is 5.37. The van der Waals surface area contributed by atoms with Crippen LogP contribution in [0.4, 0.5) is 5.69 Å². The minimum Gasteiger partial charge on any atom is -0.325 e. The Morgan fingerprint density at radius 1 is 1.24 bits per heavy atom. The van der Waals surface area contributed by atoms with Crippen LogP contribution in [0.5, 0.6) is 0 Å². The number of hydrogen-bond acceptors (Lipinski definition) is 5. The second-order valence-electron chi connectivity index (χ2n) is 6.30. The number of para-hydroxylation sites is 1. The lowest BCUT2D eigenvalue weighted by Gasteiger charge is -2.08. The summed E-state index contributed by atoms with van der Waals surface area (Å²) in [7, 11) is 0. The number of fused-ring (bicyclic) bond motifs is 1. The molecule has 9 heteroatoms. The quantitative estimate of drug-likeness (QED) is 0.374. The number of H-pyrrole nitrogens is 1. The molecule has 0 atom stereocenters. The first-order valence-corrected chi connectivity index (χ1v) is 10.1. The van der Waals surface area contributed by atoms with E-state index in [1.54, 1.807) is 16.8 Å². The van der Waals surface area contributed by atoms with Crippen LogP contribution in [0.3, 0.4) is 0 Å². The second-order valence-corrected chi connectivity index (χ2v) is 7.70. The number of nitrogens with one attached hydrogen (secondary N) is 2. The molecule has 0 saturated carbocycles. The van der Waals surface area contributed by atoms with Crippen molar-refractivity contribution in [3.8, 4) is 5.69 Å². The minimum atomic E-state index is -0.300. The van der Waals surface area contributed by atoms with E-state index in [0.29, 0.717) is 26.9 Å². The first kappa shape index (κ1) is 19.2. The summed E-state index contributed by atoms with van der Waals surface area (Å²) in [5, 5.41) is 8.37. The monoisotopic (exact) mass is 425 g/mol. The number of carbonyl (C=O) groups is 1. The molecule has 29 heavy (non-hydrogen) atoms. The molecule has 2 aromatic heterocycles. The normalized spacial score (nSPS) is 11.0. The Labute approximate surface area is 175 Å². The topological polar surface area (TPSA) is 92.7 Å². The van der Waals surface area contributed by atoms with Gasteiger partial charge in [0.15, 0.2) is 10.8 Å². The number of aromatic nitrogens is 4. The van der Waals surface area contributed by atoms with E-state index in [1.165, 1.54) is 6.20 Å². The van der Waals surface area contributed by atoms with Gasteiger partial charge in [0.1, 0.15) is 5.39 Å². The van der Waals surface area contributed by atoms with E-state index in [-0.39, 0.29) is 17.2 Å². The molecule has 0 bridgehead atoms. The number of carbonyl (C=O) groups excluding carboxylic acids is 1. The Hall–Kier alpha value is -3.10. The lowest BCUT2D eigenvalue weighted by Crippen LogP contribution is -2.16. The Balaban J connectivity index is 1.54. The fourth-order valence-electron chi connectivity index (χ4n) is 2.77. The van der Waals surface area contributed by atoms with E-state index in [0.717, 1.165) is 23.0 Å². The highest BCUT2D eigenvalue weighted by Crippen LogP contribution is 2.21. The fraction of sp³-hybridized carbons (Fsp3) is 0.100. The zero-order valence-electron chi connectivity index (χ0n) is 15.3. The van der Waals surface area contributed by atoms with E-state index >= 15 is 0 Å². The van der Waals surface area contributed by atoms with Crippen LogP contribution in [0.25, 0.3) is 16.7 Å². The molecule has 0 radical (unpaired) electrons. The van der Waals surface area contributed by atoms with Gasteiger partial charge in [-0.3, -0.25) is 9.59 Å². The summed E-state index contributed by atoms with van der Waals surface area (Å²) in [5.41, 5.74) is 2.50. The highest BCUT2D eigenvalue weighted by molar-refractivity contribution is 7.99. The van der Waals surface area contributed by atoms with Crippen molar-refractivity contribution in [1.82, 2.24) is 19.7 Å². The third-order valence-electron chi connectivity index (χ3n) is 4.23. The van der Waals surface area contributed by atoms with Crippen molar-refractivity contribution < 1.29 is 4.79 Å². The first-order chi connectivity index (χ1) is 14.0. The molecule has 0 unspecified atom stereocenters. The summed E-state index contributed by atoms with van der Waals surface area (Å²) < 4.78 is 1.60. The molecule has 2 aromatic carbocycles. The average molecular weight is 426 g/mol. The van der Waals surface area contributed by atoms with Gasteiger partial charge in [0.25, 0.3) is 5.56 Å². The zero-order valence-corrected chi connectivity index (χ0v) is 16.9. The van der Waals surface area contributed by atoms with Gasteiger partial charge in [-0.15, -0.1) is 0 Å². The Bertz CT molecular complexity index is 1250. The molecule has 4 rings (SSSR count). The molecule has 0 aliphatic carbocycles. The summed E-state index contributed by atoms with van der Waals surface area (Å²) >= 11 is 7.13. The predicted molar refractivity (Wildman–Crippen MR) is 115 cm³/mol. The molecule has 2 N–H and O–H groups in total. The Morgan fingerprint density at radius 2 is 2.03 bits per heavy atom. The molecule has 0 aliphatic heterocycles. The largest absolute Gasteiger partial charge is 0.325 e. The van der Waals surface area contributed by atoms with Crippen molar-refractivity contribution in [3.63, 3.8) is 0 Å². The molecule has 4 aromatic rings. The molecule has 0 spiro atoms. The third kappa shape index (κ3) is 4.18. The van der Waals surface area contributed by atoms with Crippen molar-refractivity contribution in [3.05, 3.63) is 75.7 Å². The van der Waals surface area contributed by atoms with Crippen LogP contribution in [0, 0.1) is 6.92 Å². The van der Waals surface area contributed by atoms with Gasteiger partial charge < -0.3 is 10.3 Å². The van der Waals surface area contributed by atoms with E-state index < -0.39 is 0 Å². The number of hydrogen-bond donors (Lipinski definition) is 2. The van der Waals surface area contributed by atoms with E-state index in [2.05, 4.69) is 20.4 Å². The smallest absolute Gasteiger partial charge is 0.262 e. The summed E-state index contributed by atoms with van der Waals surface area (Å²) in [6.07, 6.45) is 1.48. The number of thioether (sulfide) groups is 1. The van der Waals surface area contributed by atoms with Crippen LogP contribution in [-0.4, -0.2) is 31.4 Å². The number of halogens is 1. The zero-order chi connectivity index (χ0) is 20.4. The number of aromatic amines is 1. The fourth-order valence-corrected chi connectivity index (χ4v) is 3.60. The van der Waals surface area contributed by atoms with Gasteiger partial charge in [-0.05, 0) is 36.8 Å². The molecular weight excluding hydrogens is 410 g/mol. The number of aryl methyl sites for hydroxylation is 1. The SMILES string of the molecule is Cc1ccc(Cl)cc1NC(=O)CSc1nc2c(cnn2-c2ccccc2)c(=O)[nH]1. The van der Waals surface area contributed by atoms with E-state index in [1.807, 2.05) is 43.3 Å². The van der Waals surface area contributed by atoms with Gasteiger partial charge in [0, 0.05) is 10.7 Å². The van der Waals surface area contributed by atoms with Gasteiger partial charge in [-0.25, -0.2) is 9.67 Å². The molecular formula is C20H16ClN5O2S. The number of nitrogens with zero attached hydrogens (tertiary/aromatic N) is 3. The van der Waals surface area contributed by atoms with Gasteiger partial charge >= 0.3 is 0 Å². The molecule has 146 valence electrons. The molecule has 0 saturated heterocycles. The highest BCUT2D eigenvalue weighted by atomic mass is 35.5. The maximum Gasteiger partial charge on any atom is 0.262 e. The van der Waals surface area contributed by atoms with Crippen molar-refractivity contribution in [2.75, 3.05) is 11.1 Å². The van der Waals surface area contributed by atoms with Crippen molar-refractivity contribution in [1.29, 1.82) is 0 Å². The van der Waals surface area contributed by atoms with Crippen molar-refractivity contribution in [2.24, 2.45) is 0 Å². The minimum absolute atomic E-state index is 0.0832. The molecule has 1 amide bonds. The molecule has 0 fully saturated rings. The maximum absolute atomic E-state index is 12.4. The van der Waals surface area contributed by atoms with Crippen LogP contribution in [-0.2, 0) is 4.79 Å². The number of rotatable bonds is 5. The number of amides is 1. The summed E-state index contributed by atoms with van der Waals surface area (Å²) in [5.74, 6) is -0.139. The van der Waals surface area contributed by atoms with Gasteiger partial charge in [-0.1, -0.05) is 47.6 Å². The van der Waals surface area contributed by atoms with Crippen LogP contribution in [0.1, 0.15) is 5.56 Å². The van der Waals surface area contributed by atoms with Gasteiger partial charge in [0.05, 0.1) is 17.6 Å². The Morgan fingerprint density at radius 3 is 2.83 bits per heavy atom. The summed E-state index contributed by atoms with van der Waals surface area (Å²) in [4.78, 5) is 31.9. The number of benzene rings is 2. The first-order valence-electron chi connectivity index (χ1n) is 8.73.